The van der Waals surface area contributed by atoms with Gasteiger partial charge in [0.25, 0.3) is 0 Å². The van der Waals surface area contributed by atoms with Gasteiger partial charge in [-0.1, -0.05) is 40.2 Å². The van der Waals surface area contributed by atoms with Crippen molar-refractivity contribution in [2.45, 2.75) is 29.8 Å². The minimum atomic E-state index is -4.54. The summed E-state index contributed by atoms with van der Waals surface area (Å²) in [4.78, 5) is 25.5. The van der Waals surface area contributed by atoms with Gasteiger partial charge >= 0.3 is 28.2 Å². The van der Waals surface area contributed by atoms with Gasteiger partial charge in [-0.15, -0.1) is 0 Å². The molecule has 2 atom stereocenters. The van der Waals surface area contributed by atoms with E-state index in [0.717, 1.165) is 32.4 Å². The molecule has 3 rings (SSSR count). The standard InChI is InChI=1S/C23H22BrF3O8S/c1-33-20(29)23(21(30)34-2)18(14-6-3-4-7-15(14)19(23)24)16-12-13(28)8-9-17(16)35-36(31,32)11-5-10-22(25,26)27/h3-4,6-9,12,18-19,28H,5,10-11H2,1-2H3. The maximum Gasteiger partial charge on any atom is 0.389 e. The molecule has 0 bridgehead atoms. The van der Waals surface area contributed by atoms with E-state index in [1.54, 1.807) is 24.3 Å². The van der Waals surface area contributed by atoms with Crippen molar-refractivity contribution in [3.8, 4) is 11.5 Å². The predicted molar refractivity (Wildman–Crippen MR) is 124 cm³/mol. The smallest absolute Gasteiger partial charge is 0.389 e. The zero-order valence-electron chi connectivity index (χ0n) is 19.0. The minimum Gasteiger partial charge on any atom is -0.508 e. The number of phenols is 1. The summed E-state index contributed by atoms with van der Waals surface area (Å²) in [5, 5.41) is 10.2. The first-order chi connectivity index (χ1) is 16.8. The van der Waals surface area contributed by atoms with E-state index in [4.69, 9.17) is 13.7 Å². The van der Waals surface area contributed by atoms with E-state index in [1.165, 1.54) is 0 Å². The highest BCUT2D eigenvalue weighted by Gasteiger charge is 2.65. The number of methoxy groups -OCH3 is 2. The third-order valence-electron chi connectivity index (χ3n) is 5.86. The molecule has 196 valence electrons. The van der Waals surface area contributed by atoms with Gasteiger partial charge in [0.2, 0.25) is 0 Å². The van der Waals surface area contributed by atoms with Crippen molar-refractivity contribution in [2.75, 3.05) is 20.0 Å². The Bertz CT molecular complexity index is 1250. The molecular formula is C23H22BrF3O8S. The third kappa shape index (κ3) is 5.17. The zero-order valence-corrected chi connectivity index (χ0v) is 21.4. The molecule has 0 amide bonds. The molecule has 1 aliphatic carbocycles. The molecule has 0 spiro atoms. The van der Waals surface area contributed by atoms with E-state index in [-0.39, 0.29) is 17.1 Å². The first-order valence-electron chi connectivity index (χ1n) is 10.5. The summed E-state index contributed by atoms with van der Waals surface area (Å²) >= 11 is 3.41. The van der Waals surface area contributed by atoms with E-state index < -0.39 is 63.0 Å². The van der Waals surface area contributed by atoms with Crippen LogP contribution >= 0.6 is 15.9 Å². The Hall–Kier alpha value is -2.80. The number of carbonyl (C=O) groups is 2. The zero-order chi connectivity index (χ0) is 26.9. The van der Waals surface area contributed by atoms with Crippen molar-refractivity contribution in [1.82, 2.24) is 0 Å². The number of phenolic OH excluding ortho intramolecular Hbond substituents is 1. The van der Waals surface area contributed by atoms with Crippen LogP contribution in [0.1, 0.15) is 40.3 Å². The highest BCUT2D eigenvalue weighted by atomic mass is 79.9. The van der Waals surface area contributed by atoms with Gasteiger partial charge in [0.05, 0.1) is 24.8 Å². The van der Waals surface area contributed by atoms with Crippen LogP contribution in [0.3, 0.4) is 0 Å². The Morgan fingerprint density at radius 1 is 1.03 bits per heavy atom. The molecule has 2 aromatic rings. The normalized spacial score (nSPS) is 18.8. The molecule has 0 radical (unpaired) electrons. The molecule has 8 nitrogen and oxygen atoms in total. The van der Waals surface area contributed by atoms with E-state index in [0.29, 0.717) is 11.1 Å². The summed E-state index contributed by atoms with van der Waals surface area (Å²) in [6.07, 6.45) is -6.60. The Morgan fingerprint density at radius 2 is 1.61 bits per heavy atom. The van der Waals surface area contributed by atoms with Gasteiger partial charge in [0, 0.05) is 17.9 Å². The van der Waals surface area contributed by atoms with Crippen LogP contribution in [0, 0.1) is 5.41 Å². The SMILES string of the molecule is COC(=O)C1(C(=O)OC)C(Br)c2ccccc2C1c1cc(O)ccc1OS(=O)(=O)CCCC(F)(F)F. The van der Waals surface area contributed by atoms with Crippen molar-refractivity contribution in [1.29, 1.82) is 0 Å². The number of halogens is 4. The summed E-state index contributed by atoms with van der Waals surface area (Å²) in [7, 11) is -2.39. The van der Waals surface area contributed by atoms with Gasteiger partial charge in [0.1, 0.15) is 11.5 Å². The van der Waals surface area contributed by atoms with E-state index in [9.17, 15) is 36.3 Å². The van der Waals surface area contributed by atoms with Crippen molar-refractivity contribution in [2.24, 2.45) is 5.41 Å². The molecule has 1 N–H and O–H groups in total. The van der Waals surface area contributed by atoms with Gasteiger partial charge < -0.3 is 18.8 Å². The van der Waals surface area contributed by atoms with Gasteiger partial charge in [-0.2, -0.15) is 21.6 Å². The molecule has 0 fully saturated rings. The number of esters is 2. The average molecular weight is 595 g/mol. The lowest BCUT2D eigenvalue weighted by Gasteiger charge is -2.33. The molecule has 13 heteroatoms. The van der Waals surface area contributed by atoms with Crippen LogP contribution in [0.2, 0.25) is 0 Å². The number of benzene rings is 2. The molecule has 0 saturated heterocycles. The number of alkyl halides is 4. The third-order valence-corrected chi connectivity index (χ3v) is 8.29. The lowest BCUT2D eigenvalue weighted by atomic mass is 9.72. The summed E-state index contributed by atoms with van der Waals surface area (Å²) in [5.41, 5.74) is -1.26. The molecule has 0 aromatic heterocycles. The Labute approximate surface area is 213 Å². The maximum absolute atomic E-state index is 13.2. The van der Waals surface area contributed by atoms with Crippen molar-refractivity contribution in [3.63, 3.8) is 0 Å². The summed E-state index contributed by atoms with van der Waals surface area (Å²) in [5.74, 6) is -4.91. The largest absolute Gasteiger partial charge is 0.508 e. The Balaban J connectivity index is 2.19. The number of ether oxygens (including phenoxy) is 2. The number of aromatic hydroxyl groups is 1. The number of hydrogen-bond donors (Lipinski definition) is 1. The van der Waals surface area contributed by atoms with Crippen molar-refractivity contribution < 1.29 is 49.9 Å². The number of carbonyl (C=O) groups excluding carboxylic acids is 2. The highest BCUT2D eigenvalue weighted by molar-refractivity contribution is 9.09. The predicted octanol–water partition coefficient (Wildman–Crippen LogP) is 4.36. The van der Waals surface area contributed by atoms with Gasteiger partial charge in [-0.3, -0.25) is 9.59 Å². The maximum atomic E-state index is 13.2. The molecule has 0 aliphatic heterocycles. The molecule has 2 aromatic carbocycles. The second-order valence-corrected chi connectivity index (χ2v) is 10.7. The fraction of sp³-hybridized carbons (Fsp3) is 0.391. The average Bonchev–Trinajstić information content (AvgIpc) is 3.07. The van der Waals surface area contributed by atoms with E-state index >= 15 is 0 Å². The van der Waals surface area contributed by atoms with Crippen LogP contribution in [0.15, 0.2) is 42.5 Å². The molecule has 0 saturated carbocycles. The van der Waals surface area contributed by atoms with Crippen molar-refractivity contribution in [3.05, 3.63) is 59.2 Å². The van der Waals surface area contributed by atoms with E-state index in [1.807, 2.05) is 0 Å². The lowest BCUT2D eigenvalue weighted by molar-refractivity contribution is -0.169. The highest BCUT2D eigenvalue weighted by Crippen LogP contribution is 2.63. The van der Waals surface area contributed by atoms with Crippen LogP contribution < -0.4 is 4.18 Å². The first-order valence-corrected chi connectivity index (χ1v) is 13.0. The summed E-state index contributed by atoms with van der Waals surface area (Å²) in [6.45, 7) is 0. The van der Waals surface area contributed by atoms with Gasteiger partial charge in [0.15, 0.2) is 5.41 Å². The van der Waals surface area contributed by atoms with E-state index in [2.05, 4.69) is 15.9 Å². The molecule has 0 heterocycles. The molecule has 1 aliphatic rings. The quantitative estimate of drug-likeness (QED) is 0.207. The lowest BCUT2D eigenvalue weighted by Crippen LogP contribution is -2.46. The second kappa shape index (κ2) is 10.3. The van der Waals surface area contributed by atoms with Gasteiger partial charge in [-0.05, 0) is 35.7 Å². The summed E-state index contributed by atoms with van der Waals surface area (Å²) in [6, 6.07) is 9.87. The van der Waals surface area contributed by atoms with Crippen LogP contribution in [0.25, 0.3) is 0 Å². The fourth-order valence-corrected chi connectivity index (χ4v) is 6.44. The topological polar surface area (TPSA) is 116 Å². The second-order valence-electron chi connectivity index (χ2n) is 8.06. The minimum absolute atomic E-state index is 0.0837. The molecule has 2 unspecified atom stereocenters. The fourth-order valence-electron chi connectivity index (χ4n) is 4.38. The van der Waals surface area contributed by atoms with Crippen molar-refractivity contribution >= 4 is 38.0 Å². The molecular weight excluding hydrogens is 573 g/mol. The Morgan fingerprint density at radius 3 is 2.17 bits per heavy atom. The van der Waals surface area contributed by atoms with Gasteiger partial charge in [-0.25, -0.2) is 0 Å². The van der Waals surface area contributed by atoms with Crippen LogP contribution in [-0.2, 0) is 29.2 Å². The monoisotopic (exact) mass is 594 g/mol. The Kier molecular flexibility index (Phi) is 7.94. The number of rotatable bonds is 8. The number of hydrogen-bond acceptors (Lipinski definition) is 8. The van der Waals surface area contributed by atoms with Crippen LogP contribution in [0.4, 0.5) is 13.2 Å². The summed E-state index contributed by atoms with van der Waals surface area (Å²) < 4.78 is 77.7. The number of fused-ring (bicyclic) bond motifs is 1. The van der Waals surface area contributed by atoms with Crippen LogP contribution in [0.5, 0.6) is 11.5 Å². The first kappa shape index (κ1) is 27.8. The van der Waals surface area contributed by atoms with Crippen LogP contribution in [-0.4, -0.2) is 51.6 Å². The molecule has 36 heavy (non-hydrogen) atoms.